The van der Waals surface area contributed by atoms with E-state index >= 15 is 0 Å². The van der Waals surface area contributed by atoms with E-state index in [-0.39, 0.29) is 5.56 Å². The number of hydrogen-bond donors (Lipinski definition) is 2. The first-order valence-corrected chi connectivity index (χ1v) is 4.08. The Kier molecular flexibility index (Phi) is 1.92. The van der Waals surface area contributed by atoms with Crippen molar-refractivity contribution in [3.05, 3.63) is 46.4 Å². The molecule has 0 aliphatic rings. The van der Waals surface area contributed by atoms with E-state index in [9.17, 15) is 4.79 Å². The molecule has 4 nitrogen and oxygen atoms in total. The van der Waals surface area contributed by atoms with Crippen molar-refractivity contribution in [3.8, 4) is 17.2 Å². The Morgan fingerprint density at radius 1 is 1.21 bits per heavy atom. The molecule has 0 amide bonds. The number of aromatic nitrogens is 2. The summed E-state index contributed by atoms with van der Waals surface area (Å²) in [6, 6.07) is 8.88. The first-order chi connectivity index (χ1) is 6.81. The minimum Gasteiger partial charge on any atom is -0.305 e. The Morgan fingerprint density at radius 2 is 1.93 bits per heavy atom. The zero-order chi connectivity index (χ0) is 9.97. The van der Waals surface area contributed by atoms with Gasteiger partial charge in [-0.3, -0.25) is 9.89 Å². The number of aromatic amines is 2. The molecular weight excluding hydrogens is 178 g/mol. The van der Waals surface area contributed by atoms with Crippen LogP contribution in [0.4, 0.5) is 0 Å². The molecule has 0 bridgehead atoms. The van der Waals surface area contributed by atoms with Crippen molar-refractivity contribution in [1.82, 2.24) is 10.2 Å². The zero-order valence-corrected chi connectivity index (χ0v) is 7.24. The van der Waals surface area contributed by atoms with E-state index in [2.05, 4.69) is 10.2 Å². The SMILES string of the molecule is N#Cc1ccc(-c2c[nH][nH]c2=O)cc1. The molecule has 2 rings (SSSR count). The maximum Gasteiger partial charge on any atom is 0.271 e. The van der Waals surface area contributed by atoms with E-state index in [1.807, 2.05) is 6.07 Å². The van der Waals surface area contributed by atoms with Gasteiger partial charge in [-0.05, 0) is 17.7 Å². The van der Waals surface area contributed by atoms with Crippen molar-refractivity contribution >= 4 is 0 Å². The van der Waals surface area contributed by atoms with Crippen LogP contribution in [0.15, 0.2) is 35.3 Å². The van der Waals surface area contributed by atoms with Gasteiger partial charge >= 0.3 is 0 Å². The molecule has 1 aromatic carbocycles. The number of H-pyrrole nitrogens is 2. The highest BCUT2D eigenvalue weighted by Gasteiger charge is 2.02. The van der Waals surface area contributed by atoms with E-state index in [4.69, 9.17) is 5.26 Å². The van der Waals surface area contributed by atoms with E-state index < -0.39 is 0 Å². The van der Waals surface area contributed by atoms with Gasteiger partial charge in [-0.15, -0.1) is 0 Å². The van der Waals surface area contributed by atoms with Crippen LogP contribution in [0.2, 0.25) is 0 Å². The molecule has 68 valence electrons. The summed E-state index contributed by atoms with van der Waals surface area (Å²) >= 11 is 0. The highest BCUT2D eigenvalue weighted by atomic mass is 16.1. The van der Waals surface area contributed by atoms with E-state index in [0.29, 0.717) is 11.1 Å². The molecule has 4 heteroatoms. The summed E-state index contributed by atoms with van der Waals surface area (Å²) in [5.41, 5.74) is 1.80. The first-order valence-electron chi connectivity index (χ1n) is 4.08. The Bertz CT molecular complexity index is 527. The fraction of sp³-hybridized carbons (Fsp3) is 0. The topological polar surface area (TPSA) is 72.4 Å². The van der Waals surface area contributed by atoms with Gasteiger partial charge in [-0.25, -0.2) is 0 Å². The van der Waals surface area contributed by atoms with Gasteiger partial charge in [0.15, 0.2) is 0 Å². The minimum absolute atomic E-state index is 0.158. The molecule has 2 N–H and O–H groups in total. The predicted octanol–water partition coefficient (Wildman–Crippen LogP) is 1.24. The largest absolute Gasteiger partial charge is 0.305 e. The molecule has 2 aromatic rings. The number of benzene rings is 1. The lowest BCUT2D eigenvalue weighted by Gasteiger charge is -1.94. The fourth-order valence-corrected chi connectivity index (χ4v) is 1.25. The third kappa shape index (κ3) is 1.31. The molecular formula is C10H7N3O. The van der Waals surface area contributed by atoms with Crippen molar-refractivity contribution in [1.29, 1.82) is 5.26 Å². The number of hydrogen-bond acceptors (Lipinski definition) is 2. The second-order valence-corrected chi connectivity index (χ2v) is 2.85. The van der Waals surface area contributed by atoms with Crippen LogP contribution in [0.25, 0.3) is 11.1 Å². The van der Waals surface area contributed by atoms with Gasteiger partial charge < -0.3 is 5.10 Å². The van der Waals surface area contributed by atoms with Gasteiger partial charge in [-0.1, -0.05) is 12.1 Å². The number of rotatable bonds is 1. The van der Waals surface area contributed by atoms with Crippen LogP contribution < -0.4 is 5.56 Å². The average Bonchev–Trinajstić information content (AvgIpc) is 2.65. The molecule has 0 atom stereocenters. The molecule has 0 aliphatic carbocycles. The number of nitriles is 1. The van der Waals surface area contributed by atoms with Crippen molar-refractivity contribution in [2.75, 3.05) is 0 Å². The van der Waals surface area contributed by atoms with Crippen LogP contribution >= 0.6 is 0 Å². The molecule has 0 spiro atoms. The molecule has 0 saturated heterocycles. The van der Waals surface area contributed by atoms with Gasteiger partial charge in [0.1, 0.15) is 0 Å². The molecule has 1 heterocycles. The normalized spacial score (nSPS) is 9.64. The highest BCUT2D eigenvalue weighted by molar-refractivity contribution is 5.62. The van der Waals surface area contributed by atoms with Crippen LogP contribution in [0.3, 0.4) is 0 Å². The molecule has 0 saturated carbocycles. The second-order valence-electron chi connectivity index (χ2n) is 2.85. The van der Waals surface area contributed by atoms with Gasteiger partial charge in [0.2, 0.25) is 0 Å². The first kappa shape index (κ1) is 8.32. The lowest BCUT2D eigenvalue weighted by Crippen LogP contribution is -2.00. The summed E-state index contributed by atoms with van der Waals surface area (Å²) in [5.74, 6) is 0. The Balaban J connectivity index is 2.50. The third-order valence-electron chi connectivity index (χ3n) is 1.97. The lowest BCUT2D eigenvalue weighted by molar-refractivity contribution is 1.06. The summed E-state index contributed by atoms with van der Waals surface area (Å²) in [7, 11) is 0. The second kappa shape index (κ2) is 3.23. The van der Waals surface area contributed by atoms with Crippen LogP contribution in [-0.4, -0.2) is 10.2 Å². The Labute approximate surface area is 79.8 Å². The minimum atomic E-state index is -0.158. The molecule has 0 fully saturated rings. The lowest BCUT2D eigenvalue weighted by atomic mass is 10.1. The Hall–Kier alpha value is -2.28. The van der Waals surface area contributed by atoms with Crippen LogP contribution in [0.1, 0.15) is 5.56 Å². The summed E-state index contributed by atoms with van der Waals surface area (Å²) in [5, 5.41) is 13.7. The molecule has 0 unspecified atom stereocenters. The highest BCUT2D eigenvalue weighted by Crippen LogP contribution is 2.14. The average molecular weight is 185 g/mol. The molecule has 14 heavy (non-hydrogen) atoms. The summed E-state index contributed by atoms with van der Waals surface area (Å²) < 4.78 is 0. The fourth-order valence-electron chi connectivity index (χ4n) is 1.25. The standard InChI is InChI=1S/C10H7N3O/c11-5-7-1-3-8(4-2-7)9-6-12-13-10(9)14/h1-4,6H,(H2,12,13,14). The van der Waals surface area contributed by atoms with Gasteiger partial charge in [0, 0.05) is 6.20 Å². The number of nitrogens with zero attached hydrogens (tertiary/aromatic N) is 1. The third-order valence-corrected chi connectivity index (χ3v) is 1.97. The predicted molar refractivity (Wildman–Crippen MR) is 51.6 cm³/mol. The molecule has 1 aromatic heterocycles. The van der Waals surface area contributed by atoms with E-state index in [0.717, 1.165) is 5.56 Å². The van der Waals surface area contributed by atoms with E-state index in [1.54, 1.807) is 30.5 Å². The van der Waals surface area contributed by atoms with Crippen molar-refractivity contribution in [3.63, 3.8) is 0 Å². The van der Waals surface area contributed by atoms with Crippen molar-refractivity contribution in [2.24, 2.45) is 0 Å². The van der Waals surface area contributed by atoms with Gasteiger partial charge in [-0.2, -0.15) is 5.26 Å². The monoisotopic (exact) mass is 185 g/mol. The summed E-state index contributed by atoms with van der Waals surface area (Å²) in [6.45, 7) is 0. The van der Waals surface area contributed by atoms with Gasteiger partial charge in [0.25, 0.3) is 5.56 Å². The summed E-state index contributed by atoms with van der Waals surface area (Å²) in [4.78, 5) is 11.2. The zero-order valence-electron chi connectivity index (χ0n) is 7.24. The Morgan fingerprint density at radius 3 is 2.43 bits per heavy atom. The van der Waals surface area contributed by atoms with Crippen LogP contribution in [0.5, 0.6) is 0 Å². The maximum absolute atomic E-state index is 11.2. The summed E-state index contributed by atoms with van der Waals surface area (Å²) in [6.07, 6.45) is 1.60. The van der Waals surface area contributed by atoms with E-state index in [1.165, 1.54) is 0 Å². The van der Waals surface area contributed by atoms with Crippen molar-refractivity contribution in [2.45, 2.75) is 0 Å². The maximum atomic E-state index is 11.2. The van der Waals surface area contributed by atoms with Crippen LogP contribution in [0, 0.1) is 11.3 Å². The van der Waals surface area contributed by atoms with Gasteiger partial charge in [0.05, 0.1) is 17.2 Å². The molecule has 0 aliphatic heterocycles. The quantitative estimate of drug-likeness (QED) is 0.701. The molecule has 0 radical (unpaired) electrons. The number of nitrogens with one attached hydrogen (secondary N) is 2. The van der Waals surface area contributed by atoms with Crippen LogP contribution in [-0.2, 0) is 0 Å². The smallest absolute Gasteiger partial charge is 0.271 e. The van der Waals surface area contributed by atoms with Crippen molar-refractivity contribution < 1.29 is 0 Å².